The van der Waals surface area contributed by atoms with Gasteiger partial charge < -0.3 is 0 Å². The van der Waals surface area contributed by atoms with E-state index in [2.05, 4.69) is 31.9 Å². The van der Waals surface area contributed by atoms with Crippen LogP contribution in [0, 0.1) is 0 Å². The lowest BCUT2D eigenvalue weighted by atomic mass is 9.83. The summed E-state index contributed by atoms with van der Waals surface area (Å²) in [7, 11) is 0. The van der Waals surface area contributed by atoms with E-state index in [9.17, 15) is 19.2 Å². The molecule has 2 aliphatic rings. The molecule has 0 aliphatic carbocycles. The van der Waals surface area contributed by atoms with Crippen LogP contribution in [0.2, 0.25) is 0 Å². The first kappa shape index (κ1) is 32.3. The second-order valence-electron chi connectivity index (χ2n) is 13.4. The Balaban J connectivity index is 1.65. The summed E-state index contributed by atoms with van der Waals surface area (Å²) in [6.07, 6.45) is 0. The maximum atomic E-state index is 14.6. The molecule has 0 bridgehead atoms. The molecule has 2 aliphatic heterocycles. The number of nitrogens with zero attached hydrogens (tertiary/aromatic N) is 2. The monoisotopic (exact) mass is 742 g/mol. The Labute approximate surface area is 286 Å². The summed E-state index contributed by atoms with van der Waals surface area (Å²) in [6.45, 7) is 16.3. The van der Waals surface area contributed by atoms with Gasteiger partial charge in [0.2, 0.25) is 0 Å². The summed E-state index contributed by atoms with van der Waals surface area (Å²) >= 11 is 7.26. The minimum Gasteiger partial charge on any atom is -0.268 e. The van der Waals surface area contributed by atoms with Crippen LogP contribution in [-0.4, -0.2) is 23.6 Å². The van der Waals surface area contributed by atoms with Crippen LogP contribution in [0.1, 0.15) is 143 Å². The first-order chi connectivity index (χ1) is 21.7. The van der Waals surface area contributed by atoms with E-state index in [1.54, 1.807) is 12.1 Å². The molecule has 4 aromatic rings. The molecule has 0 saturated carbocycles. The standard InChI is InChI=1S/C38H36Br2N2O4/c1-17(2)21-11-9-12-22(18(3)4)33(21)41-35(43)25-15-28(40)32-30-26(16-27(39)31(29(25)30)37(41)45)36(44)42(38(32)46)34-23(19(5)6)13-10-14-24(34)20(7)8/h9-20H,1-8H3. The number of para-hydroxylation sites is 2. The molecule has 0 N–H and O–H groups in total. The fourth-order valence-electron chi connectivity index (χ4n) is 6.92. The molecule has 0 spiro atoms. The van der Waals surface area contributed by atoms with Gasteiger partial charge in [-0.3, -0.25) is 19.2 Å². The summed E-state index contributed by atoms with van der Waals surface area (Å²) in [5.74, 6) is -1.77. The Kier molecular flexibility index (Phi) is 8.13. The predicted molar refractivity (Wildman–Crippen MR) is 191 cm³/mol. The highest BCUT2D eigenvalue weighted by molar-refractivity contribution is 9.10. The number of rotatable bonds is 6. The molecule has 0 unspecified atom stereocenters. The average molecular weight is 745 g/mol. The van der Waals surface area contributed by atoms with Gasteiger partial charge in [0, 0.05) is 19.7 Å². The normalized spacial score (nSPS) is 14.7. The third-order valence-corrected chi connectivity index (χ3v) is 10.4. The number of amides is 4. The van der Waals surface area contributed by atoms with Crippen molar-refractivity contribution >= 4 is 77.6 Å². The van der Waals surface area contributed by atoms with Crippen LogP contribution in [0.15, 0.2) is 57.5 Å². The highest BCUT2D eigenvalue weighted by Gasteiger charge is 2.45. The Morgan fingerprint density at radius 1 is 0.478 bits per heavy atom. The zero-order chi connectivity index (χ0) is 33.5. The topological polar surface area (TPSA) is 74.8 Å². The minimum absolute atomic E-state index is 0.0481. The Hall–Kier alpha value is -3.62. The van der Waals surface area contributed by atoms with Crippen molar-refractivity contribution in [2.45, 2.75) is 79.1 Å². The summed E-state index contributed by atoms with van der Waals surface area (Å²) in [5.41, 5.74) is 5.79. The van der Waals surface area contributed by atoms with Crippen LogP contribution >= 0.6 is 31.9 Å². The van der Waals surface area contributed by atoms with Crippen molar-refractivity contribution < 1.29 is 19.2 Å². The van der Waals surface area contributed by atoms with Gasteiger partial charge in [0.05, 0.1) is 33.6 Å². The van der Waals surface area contributed by atoms with E-state index >= 15 is 0 Å². The number of hydrogen-bond donors (Lipinski definition) is 0. The Morgan fingerprint density at radius 2 is 0.761 bits per heavy atom. The predicted octanol–water partition coefficient (Wildman–Crippen LogP) is 10.5. The molecule has 6 rings (SSSR count). The first-order valence-corrected chi connectivity index (χ1v) is 17.3. The minimum atomic E-state index is -0.492. The van der Waals surface area contributed by atoms with Gasteiger partial charge in [0.15, 0.2) is 0 Å². The maximum absolute atomic E-state index is 14.6. The van der Waals surface area contributed by atoms with E-state index in [0.717, 1.165) is 22.3 Å². The van der Waals surface area contributed by atoms with E-state index < -0.39 is 23.6 Å². The van der Waals surface area contributed by atoms with E-state index in [4.69, 9.17) is 0 Å². The summed E-state index contributed by atoms with van der Waals surface area (Å²) < 4.78 is 0.785. The van der Waals surface area contributed by atoms with E-state index in [1.807, 2.05) is 91.8 Å². The number of hydrogen-bond acceptors (Lipinski definition) is 4. The number of carbonyl (C=O) groups is 4. The molecule has 2 heterocycles. The molecular weight excluding hydrogens is 708 g/mol. The second-order valence-corrected chi connectivity index (χ2v) is 15.1. The first-order valence-electron chi connectivity index (χ1n) is 15.7. The number of carbonyl (C=O) groups excluding carboxylic acids is 4. The largest absolute Gasteiger partial charge is 0.268 e. The quantitative estimate of drug-likeness (QED) is 0.184. The van der Waals surface area contributed by atoms with Gasteiger partial charge in [-0.2, -0.15) is 0 Å². The van der Waals surface area contributed by atoms with Crippen molar-refractivity contribution in [2.75, 3.05) is 9.80 Å². The van der Waals surface area contributed by atoms with Gasteiger partial charge in [-0.15, -0.1) is 0 Å². The number of imide groups is 2. The van der Waals surface area contributed by atoms with E-state index in [1.165, 1.54) is 9.80 Å². The van der Waals surface area contributed by atoms with E-state index in [0.29, 0.717) is 31.1 Å². The fourth-order valence-corrected chi connectivity index (χ4v) is 8.11. The van der Waals surface area contributed by atoms with Crippen LogP contribution in [0.5, 0.6) is 0 Å². The van der Waals surface area contributed by atoms with E-state index in [-0.39, 0.29) is 45.9 Å². The highest BCUT2D eigenvalue weighted by atomic mass is 79.9. The van der Waals surface area contributed by atoms with Gasteiger partial charge in [0.25, 0.3) is 23.6 Å². The molecule has 0 aromatic heterocycles. The van der Waals surface area contributed by atoms with Crippen molar-refractivity contribution in [3.63, 3.8) is 0 Å². The number of benzene rings is 4. The van der Waals surface area contributed by atoms with Crippen molar-refractivity contribution in [3.05, 3.63) is 102 Å². The Morgan fingerprint density at radius 3 is 1.02 bits per heavy atom. The van der Waals surface area contributed by atoms with Gasteiger partial charge in [0.1, 0.15) is 0 Å². The van der Waals surface area contributed by atoms with Crippen LogP contribution in [-0.2, 0) is 0 Å². The summed E-state index contributed by atoms with van der Waals surface area (Å²) in [4.78, 5) is 60.8. The van der Waals surface area contributed by atoms with Crippen LogP contribution in [0.3, 0.4) is 0 Å². The fraction of sp³-hybridized carbons (Fsp3) is 0.316. The molecule has 236 valence electrons. The number of halogens is 2. The molecule has 0 atom stereocenters. The summed E-state index contributed by atoms with van der Waals surface area (Å²) in [5, 5.41) is 0.647. The van der Waals surface area contributed by atoms with Gasteiger partial charge in [-0.25, -0.2) is 9.80 Å². The zero-order valence-corrected chi connectivity index (χ0v) is 30.4. The van der Waals surface area contributed by atoms with Crippen molar-refractivity contribution in [3.8, 4) is 0 Å². The van der Waals surface area contributed by atoms with Gasteiger partial charge in [-0.05, 0) is 89.9 Å². The molecule has 4 amide bonds. The third-order valence-electron chi connectivity index (χ3n) is 9.14. The van der Waals surface area contributed by atoms with Crippen molar-refractivity contribution in [1.82, 2.24) is 0 Å². The molecule has 0 radical (unpaired) electrons. The van der Waals surface area contributed by atoms with Gasteiger partial charge in [-0.1, -0.05) is 91.8 Å². The molecule has 8 heteroatoms. The molecule has 46 heavy (non-hydrogen) atoms. The second kappa shape index (κ2) is 11.6. The van der Waals surface area contributed by atoms with Crippen molar-refractivity contribution in [1.29, 1.82) is 0 Å². The molecule has 6 nitrogen and oxygen atoms in total. The lowest BCUT2D eigenvalue weighted by molar-refractivity contribution is 0.0871. The smallest absolute Gasteiger partial charge is 0.267 e. The maximum Gasteiger partial charge on any atom is 0.267 e. The Bertz CT molecular complexity index is 1830. The zero-order valence-electron chi connectivity index (χ0n) is 27.2. The van der Waals surface area contributed by atoms with Gasteiger partial charge >= 0.3 is 0 Å². The lowest BCUT2D eigenvalue weighted by Crippen LogP contribution is -2.45. The third kappa shape index (κ3) is 4.62. The van der Waals surface area contributed by atoms with Crippen LogP contribution in [0.25, 0.3) is 10.8 Å². The molecule has 0 saturated heterocycles. The molecule has 0 fully saturated rings. The number of anilines is 2. The molecular formula is C38H36Br2N2O4. The van der Waals surface area contributed by atoms with Crippen molar-refractivity contribution in [2.24, 2.45) is 0 Å². The SMILES string of the molecule is CC(C)c1cccc(C(C)C)c1N1C(=O)c2cc(Br)c3c4c(cc(Br)c(c24)C1=O)C(=O)N(c1c(C(C)C)cccc1C(C)C)C3=O. The summed E-state index contributed by atoms with van der Waals surface area (Å²) in [6, 6.07) is 15.0. The highest BCUT2D eigenvalue weighted by Crippen LogP contribution is 2.48. The lowest BCUT2D eigenvalue weighted by Gasteiger charge is -2.36. The molecule has 4 aromatic carbocycles. The van der Waals surface area contributed by atoms with Crippen LogP contribution in [0.4, 0.5) is 11.4 Å². The average Bonchev–Trinajstić information content (AvgIpc) is 2.99. The van der Waals surface area contributed by atoms with Crippen LogP contribution < -0.4 is 9.80 Å².